The summed E-state index contributed by atoms with van der Waals surface area (Å²) in [4.78, 5) is 2.24. The number of rotatable bonds is 2. The van der Waals surface area contributed by atoms with E-state index in [1.807, 2.05) is 6.07 Å². The van der Waals surface area contributed by atoms with Crippen molar-refractivity contribution in [3.8, 4) is 0 Å². The molecular formula is C17H17ClFN. The summed E-state index contributed by atoms with van der Waals surface area (Å²) in [5, 5.41) is 0.202. The summed E-state index contributed by atoms with van der Waals surface area (Å²) >= 11 is 5.93. The Kier molecular flexibility index (Phi) is 3.53. The van der Waals surface area contributed by atoms with E-state index in [2.05, 4.69) is 43.3 Å². The lowest BCUT2D eigenvalue weighted by atomic mass is 9.93. The SMILES string of the molecule is CN(C)[C@@H]1C[C@H](c2ccc(F)c(Cl)c2)c2ccccc21. The standard InChI is InChI=1S/C17H17ClFN/c1-20(2)17-10-14(12-5-3-4-6-13(12)17)11-7-8-16(19)15(18)9-11/h3-9,14,17H,10H2,1-2H3/t14-,17-/m1/s1. The van der Waals surface area contributed by atoms with Gasteiger partial charge in [0.2, 0.25) is 0 Å². The summed E-state index contributed by atoms with van der Waals surface area (Å²) in [6.07, 6.45) is 1.01. The molecule has 2 aromatic carbocycles. The Morgan fingerprint density at radius 2 is 1.80 bits per heavy atom. The Morgan fingerprint density at radius 1 is 1.10 bits per heavy atom. The Labute approximate surface area is 124 Å². The lowest BCUT2D eigenvalue weighted by Gasteiger charge is -2.20. The van der Waals surface area contributed by atoms with Crippen molar-refractivity contribution in [3.05, 3.63) is 70.0 Å². The lowest BCUT2D eigenvalue weighted by molar-refractivity contribution is 0.293. The summed E-state index contributed by atoms with van der Waals surface area (Å²) in [5.74, 6) is -0.0671. The molecule has 1 aliphatic rings. The first-order valence-corrected chi connectivity index (χ1v) is 7.16. The van der Waals surface area contributed by atoms with Crippen LogP contribution in [0.4, 0.5) is 4.39 Å². The van der Waals surface area contributed by atoms with Gasteiger partial charge in [0.15, 0.2) is 0 Å². The zero-order valence-electron chi connectivity index (χ0n) is 11.6. The summed E-state index contributed by atoms with van der Waals surface area (Å²) < 4.78 is 13.3. The number of fused-ring (bicyclic) bond motifs is 1. The molecule has 0 unspecified atom stereocenters. The van der Waals surface area contributed by atoms with Crippen LogP contribution in [0.25, 0.3) is 0 Å². The van der Waals surface area contributed by atoms with Crippen LogP contribution in [0.1, 0.15) is 35.1 Å². The summed E-state index contributed by atoms with van der Waals surface area (Å²) in [5.41, 5.74) is 3.78. The quantitative estimate of drug-likeness (QED) is 0.780. The van der Waals surface area contributed by atoms with Crippen LogP contribution in [0.2, 0.25) is 5.02 Å². The first-order valence-electron chi connectivity index (χ1n) is 6.78. The van der Waals surface area contributed by atoms with Crippen LogP contribution in [-0.4, -0.2) is 19.0 Å². The molecule has 0 N–H and O–H groups in total. The van der Waals surface area contributed by atoms with Crippen molar-refractivity contribution in [1.29, 1.82) is 0 Å². The van der Waals surface area contributed by atoms with Gasteiger partial charge in [-0.2, -0.15) is 0 Å². The van der Waals surface area contributed by atoms with E-state index < -0.39 is 0 Å². The molecule has 0 aromatic heterocycles. The van der Waals surface area contributed by atoms with Gasteiger partial charge < -0.3 is 4.90 Å². The number of benzene rings is 2. The van der Waals surface area contributed by atoms with Gasteiger partial charge in [-0.05, 0) is 49.3 Å². The van der Waals surface area contributed by atoms with Gasteiger partial charge in [0, 0.05) is 12.0 Å². The van der Waals surface area contributed by atoms with Gasteiger partial charge in [-0.25, -0.2) is 4.39 Å². The second-order valence-electron chi connectivity index (χ2n) is 5.57. The van der Waals surface area contributed by atoms with Crippen LogP contribution < -0.4 is 0 Å². The Balaban J connectivity index is 2.05. The first-order chi connectivity index (χ1) is 9.58. The van der Waals surface area contributed by atoms with Gasteiger partial charge in [0.1, 0.15) is 5.82 Å². The van der Waals surface area contributed by atoms with E-state index in [0.717, 1.165) is 12.0 Å². The highest BCUT2D eigenvalue weighted by atomic mass is 35.5. The van der Waals surface area contributed by atoms with Crippen LogP contribution in [0.5, 0.6) is 0 Å². The van der Waals surface area contributed by atoms with Crippen molar-refractivity contribution in [3.63, 3.8) is 0 Å². The number of halogens is 2. The Hall–Kier alpha value is -1.38. The summed E-state index contributed by atoms with van der Waals surface area (Å²) in [6, 6.07) is 14.0. The van der Waals surface area contributed by atoms with E-state index in [4.69, 9.17) is 11.6 Å². The van der Waals surface area contributed by atoms with Crippen LogP contribution in [0.3, 0.4) is 0 Å². The second-order valence-corrected chi connectivity index (χ2v) is 5.98. The molecule has 3 rings (SSSR count). The minimum absolute atomic E-state index is 0.202. The average molecular weight is 290 g/mol. The molecule has 0 fully saturated rings. The molecule has 0 saturated heterocycles. The maximum absolute atomic E-state index is 13.3. The highest BCUT2D eigenvalue weighted by Crippen LogP contribution is 2.46. The monoisotopic (exact) mass is 289 g/mol. The minimum atomic E-state index is -0.356. The fourth-order valence-electron chi connectivity index (χ4n) is 3.14. The maximum atomic E-state index is 13.3. The highest BCUT2D eigenvalue weighted by molar-refractivity contribution is 6.30. The van der Waals surface area contributed by atoms with Crippen molar-refractivity contribution < 1.29 is 4.39 Å². The molecule has 0 spiro atoms. The van der Waals surface area contributed by atoms with Gasteiger partial charge >= 0.3 is 0 Å². The van der Waals surface area contributed by atoms with Crippen molar-refractivity contribution in [2.45, 2.75) is 18.4 Å². The van der Waals surface area contributed by atoms with Crippen LogP contribution in [0.15, 0.2) is 42.5 Å². The number of hydrogen-bond donors (Lipinski definition) is 0. The molecule has 0 amide bonds. The van der Waals surface area contributed by atoms with Crippen molar-refractivity contribution in [1.82, 2.24) is 4.90 Å². The van der Waals surface area contributed by atoms with E-state index in [1.165, 1.54) is 17.2 Å². The molecule has 2 aromatic rings. The summed E-state index contributed by atoms with van der Waals surface area (Å²) in [6.45, 7) is 0. The third kappa shape index (κ3) is 2.23. The highest BCUT2D eigenvalue weighted by Gasteiger charge is 2.32. The van der Waals surface area contributed by atoms with E-state index in [9.17, 15) is 4.39 Å². The van der Waals surface area contributed by atoms with Crippen molar-refractivity contribution in [2.75, 3.05) is 14.1 Å². The third-order valence-corrected chi connectivity index (χ3v) is 4.45. The van der Waals surface area contributed by atoms with E-state index in [1.54, 1.807) is 6.07 Å². The average Bonchev–Trinajstić information content (AvgIpc) is 2.82. The van der Waals surface area contributed by atoms with Crippen LogP contribution >= 0.6 is 11.6 Å². The van der Waals surface area contributed by atoms with Crippen LogP contribution in [-0.2, 0) is 0 Å². The summed E-state index contributed by atoms with van der Waals surface area (Å²) in [7, 11) is 4.20. The topological polar surface area (TPSA) is 3.24 Å². The molecule has 2 atom stereocenters. The van der Waals surface area contributed by atoms with Crippen molar-refractivity contribution in [2.24, 2.45) is 0 Å². The zero-order valence-corrected chi connectivity index (χ0v) is 12.4. The minimum Gasteiger partial charge on any atom is -0.302 e. The predicted molar refractivity (Wildman–Crippen MR) is 80.7 cm³/mol. The van der Waals surface area contributed by atoms with E-state index >= 15 is 0 Å². The largest absolute Gasteiger partial charge is 0.302 e. The van der Waals surface area contributed by atoms with Gasteiger partial charge in [0.05, 0.1) is 5.02 Å². The smallest absolute Gasteiger partial charge is 0.141 e. The molecule has 0 heterocycles. The first kappa shape index (κ1) is 13.6. The Morgan fingerprint density at radius 3 is 2.45 bits per heavy atom. The predicted octanol–water partition coefficient (Wildman–Crippen LogP) is 4.62. The van der Waals surface area contributed by atoms with Gasteiger partial charge in [-0.3, -0.25) is 0 Å². The molecule has 20 heavy (non-hydrogen) atoms. The van der Waals surface area contributed by atoms with Gasteiger partial charge in [-0.15, -0.1) is 0 Å². The molecule has 0 bridgehead atoms. The maximum Gasteiger partial charge on any atom is 0.141 e. The van der Waals surface area contributed by atoms with Crippen molar-refractivity contribution >= 4 is 11.6 Å². The zero-order chi connectivity index (χ0) is 14.3. The molecule has 1 aliphatic carbocycles. The molecule has 104 valence electrons. The molecule has 1 nitrogen and oxygen atoms in total. The fraction of sp³-hybridized carbons (Fsp3) is 0.294. The molecular weight excluding hydrogens is 273 g/mol. The Bertz CT molecular complexity index is 639. The fourth-order valence-corrected chi connectivity index (χ4v) is 3.33. The van der Waals surface area contributed by atoms with Gasteiger partial charge in [-0.1, -0.05) is 41.9 Å². The normalized spacial score (nSPS) is 21.2. The molecule has 0 radical (unpaired) electrons. The van der Waals surface area contributed by atoms with E-state index in [0.29, 0.717) is 6.04 Å². The molecule has 0 aliphatic heterocycles. The third-order valence-electron chi connectivity index (χ3n) is 4.16. The number of hydrogen-bond acceptors (Lipinski definition) is 1. The van der Waals surface area contributed by atoms with Crippen LogP contribution in [0, 0.1) is 5.82 Å². The number of nitrogens with zero attached hydrogens (tertiary/aromatic N) is 1. The molecule has 0 saturated carbocycles. The second kappa shape index (κ2) is 5.19. The van der Waals surface area contributed by atoms with E-state index in [-0.39, 0.29) is 16.8 Å². The lowest BCUT2D eigenvalue weighted by Crippen LogP contribution is -2.17. The molecule has 3 heteroatoms. The van der Waals surface area contributed by atoms with Gasteiger partial charge in [0.25, 0.3) is 0 Å².